The molecule has 1 atom stereocenters. The molecule has 2 aromatic rings. The summed E-state index contributed by atoms with van der Waals surface area (Å²) in [4.78, 5) is 32.3. The third-order valence-electron chi connectivity index (χ3n) is 5.57. The Kier molecular flexibility index (Phi) is 4.94. The van der Waals surface area contributed by atoms with Crippen LogP contribution in [0.15, 0.2) is 54.6 Å². The molecule has 2 aliphatic heterocycles. The molecule has 0 radical (unpaired) electrons. The van der Waals surface area contributed by atoms with E-state index in [1.807, 2.05) is 59.5 Å². The van der Waals surface area contributed by atoms with Crippen LogP contribution in [-0.2, 0) is 22.6 Å². The minimum Gasteiger partial charge on any atom is -0.338 e. The molecule has 0 bridgehead atoms. The molecule has 0 unspecified atom stereocenters. The SMILES string of the molecule is CN1CCN(C(=O)[C@@H]2c3ccccc3CC(=O)N2Cc2ccccc2)CC1. The second-order valence-corrected chi connectivity index (χ2v) is 7.41. The van der Waals surface area contributed by atoms with Crippen LogP contribution in [0.3, 0.4) is 0 Å². The van der Waals surface area contributed by atoms with E-state index in [4.69, 9.17) is 0 Å². The van der Waals surface area contributed by atoms with E-state index in [1.54, 1.807) is 4.90 Å². The number of hydrogen-bond donors (Lipinski definition) is 0. The number of benzene rings is 2. The maximum absolute atomic E-state index is 13.5. The van der Waals surface area contributed by atoms with Crippen molar-refractivity contribution in [3.63, 3.8) is 0 Å². The predicted molar refractivity (Wildman–Crippen MR) is 104 cm³/mol. The van der Waals surface area contributed by atoms with Gasteiger partial charge in [0.1, 0.15) is 6.04 Å². The van der Waals surface area contributed by atoms with Crippen LogP contribution in [0.4, 0.5) is 0 Å². The Balaban J connectivity index is 1.68. The number of carbonyl (C=O) groups excluding carboxylic acids is 2. The number of piperazine rings is 1. The lowest BCUT2D eigenvalue weighted by molar-refractivity contribution is -0.148. The van der Waals surface area contributed by atoms with E-state index in [9.17, 15) is 9.59 Å². The Hall–Kier alpha value is -2.66. The first-order chi connectivity index (χ1) is 13.1. The molecule has 2 amide bonds. The van der Waals surface area contributed by atoms with Gasteiger partial charge in [-0.15, -0.1) is 0 Å². The lowest BCUT2D eigenvalue weighted by atomic mass is 9.90. The van der Waals surface area contributed by atoms with Gasteiger partial charge >= 0.3 is 0 Å². The summed E-state index contributed by atoms with van der Waals surface area (Å²) in [6.07, 6.45) is 0.357. The van der Waals surface area contributed by atoms with E-state index in [1.165, 1.54) is 0 Å². The number of amides is 2. The smallest absolute Gasteiger partial charge is 0.250 e. The number of likely N-dealkylation sites (N-methyl/N-ethyl adjacent to an activating group) is 1. The molecular formula is C22H25N3O2. The van der Waals surface area contributed by atoms with Gasteiger partial charge in [-0.05, 0) is 23.7 Å². The normalized spacial score (nSPS) is 20.5. The van der Waals surface area contributed by atoms with Crippen LogP contribution in [0.1, 0.15) is 22.7 Å². The molecule has 1 fully saturated rings. The Morgan fingerprint density at radius 1 is 0.963 bits per heavy atom. The third kappa shape index (κ3) is 3.60. The standard InChI is InChI=1S/C22H25N3O2/c1-23-11-13-24(14-12-23)22(27)21-19-10-6-5-9-18(19)15-20(26)25(21)16-17-7-3-2-4-8-17/h2-10,21H,11-16H2,1H3/t21-/m0/s1. The summed E-state index contributed by atoms with van der Waals surface area (Å²) in [6, 6.07) is 17.2. The van der Waals surface area contributed by atoms with Gasteiger partial charge in [0, 0.05) is 32.7 Å². The maximum atomic E-state index is 13.5. The van der Waals surface area contributed by atoms with Gasteiger partial charge in [-0.25, -0.2) is 0 Å². The maximum Gasteiger partial charge on any atom is 0.250 e. The van der Waals surface area contributed by atoms with Crippen molar-refractivity contribution >= 4 is 11.8 Å². The fourth-order valence-corrected chi connectivity index (χ4v) is 3.96. The number of nitrogens with zero attached hydrogens (tertiary/aromatic N) is 3. The summed E-state index contributed by atoms with van der Waals surface area (Å²) in [6.45, 7) is 3.61. The highest BCUT2D eigenvalue weighted by atomic mass is 16.2. The van der Waals surface area contributed by atoms with Gasteiger partial charge in [0.05, 0.1) is 6.42 Å². The monoisotopic (exact) mass is 363 g/mol. The van der Waals surface area contributed by atoms with E-state index in [2.05, 4.69) is 11.9 Å². The highest BCUT2D eigenvalue weighted by Crippen LogP contribution is 2.33. The van der Waals surface area contributed by atoms with Crippen LogP contribution in [0.25, 0.3) is 0 Å². The van der Waals surface area contributed by atoms with Gasteiger partial charge in [0.15, 0.2) is 0 Å². The van der Waals surface area contributed by atoms with E-state index in [0.717, 1.165) is 29.8 Å². The number of rotatable bonds is 3. The van der Waals surface area contributed by atoms with Crippen LogP contribution in [0.5, 0.6) is 0 Å². The summed E-state index contributed by atoms with van der Waals surface area (Å²) in [5.41, 5.74) is 2.98. The molecule has 27 heavy (non-hydrogen) atoms. The number of carbonyl (C=O) groups is 2. The Morgan fingerprint density at radius 3 is 2.37 bits per heavy atom. The topological polar surface area (TPSA) is 43.9 Å². The van der Waals surface area contributed by atoms with Crippen molar-refractivity contribution < 1.29 is 9.59 Å². The lowest BCUT2D eigenvalue weighted by Gasteiger charge is -2.41. The van der Waals surface area contributed by atoms with Gasteiger partial charge in [0.2, 0.25) is 11.8 Å². The van der Waals surface area contributed by atoms with Crippen molar-refractivity contribution in [3.05, 3.63) is 71.3 Å². The molecular weight excluding hydrogens is 338 g/mol. The largest absolute Gasteiger partial charge is 0.338 e. The zero-order valence-electron chi connectivity index (χ0n) is 15.7. The fraction of sp³-hybridized carbons (Fsp3) is 0.364. The zero-order valence-corrected chi connectivity index (χ0v) is 15.7. The van der Waals surface area contributed by atoms with Crippen molar-refractivity contribution in [2.45, 2.75) is 19.0 Å². The molecule has 0 N–H and O–H groups in total. The van der Waals surface area contributed by atoms with Crippen molar-refractivity contribution in [3.8, 4) is 0 Å². The van der Waals surface area contributed by atoms with Crippen molar-refractivity contribution in [1.82, 2.24) is 14.7 Å². The van der Waals surface area contributed by atoms with Gasteiger partial charge in [0.25, 0.3) is 0 Å². The Labute approximate surface area is 160 Å². The van der Waals surface area contributed by atoms with Gasteiger partial charge in [-0.3, -0.25) is 9.59 Å². The van der Waals surface area contributed by atoms with E-state index < -0.39 is 6.04 Å². The minimum atomic E-state index is -0.536. The molecule has 5 heteroatoms. The molecule has 0 spiro atoms. The predicted octanol–water partition coefficient (Wildman–Crippen LogP) is 2.09. The third-order valence-corrected chi connectivity index (χ3v) is 5.57. The molecule has 2 aliphatic rings. The first-order valence-corrected chi connectivity index (χ1v) is 9.52. The molecule has 0 saturated carbocycles. The minimum absolute atomic E-state index is 0.0185. The Morgan fingerprint density at radius 2 is 1.63 bits per heavy atom. The molecule has 140 valence electrons. The van der Waals surface area contributed by atoms with E-state index in [0.29, 0.717) is 26.1 Å². The van der Waals surface area contributed by atoms with E-state index in [-0.39, 0.29) is 11.8 Å². The second-order valence-electron chi connectivity index (χ2n) is 7.41. The van der Waals surface area contributed by atoms with Crippen LogP contribution in [-0.4, -0.2) is 59.7 Å². The quantitative estimate of drug-likeness (QED) is 0.839. The summed E-state index contributed by atoms with van der Waals surface area (Å²) in [5.74, 6) is 0.0598. The average Bonchev–Trinajstić information content (AvgIpc) is 2.69. The molecule has 2 aromatic carbocycles. The molecule has 0 aliphatic carbocycles. The van der Waals surface area contributed by atoms with E-state index >= 15 is 0 Å². The number of hydrogen-bond acceptors (Lipinski definition) is 3. The highest BCUT2D eigenvalue weighted by Gasteiger charge is 2.39. The summed E-state index contributed by atoms with van der Waals surface area (Å²) in [5, 5.41) is 0. The number of fused-ring (bicyclic) bond motifs is 1. The molecule has 2 heterocycles. The van der Waals surface area contributed by atoms with Gasteiger partial charge in [-0.2, -0.15) is 0 Å². The fourth-order valence-electron chi connectivity index (χ4n) is 3.96. The summed E-state index contributed by atoms with van der Waals surface area (Å²) >= 11 is 0. The first-order valence-electron chi connectivity index (χ1n) is 9.52. The van der Waals surface area contributed by atoms with Crippen LogP contribution < -0.4 is 0 Å². The average molecular weight is 363 g/mol. The van der Waals surface area contributed by atoms with Crippen molar-refractivity contribution in [1.29, 1.82) is 0 Å². The van der Waals surface area contributed by atoms with Crippen molar-refractivity contribution in [2.24, 2.45) is 0 Å². The molecule has 5 nitrogen and oxygen atoms in total. The van der Waals surface area contributed by atoms with Crippen LogP contribution >= 0.6 is 0 Å². The van der Waals surface area contributed by atoms with Crippen LogP contribution in [0, 0.1) is 0 Å². The van der Waals surface area contributed by atoms with Gasteiger partial charge in [-0.1, -0.05) is 54.6 Å². The Bertz CT molecular complexity index is 828. The van der Waals surface area contributed by atoms with Gasteiger partial charge < -0.3 is 14.7 Å². The lowest BCUT2D eigenvalue weighted by Crippen LogP contribution is -2.53. The summed E-state index contributed by atoms with van der Waals surface area (Å²) < 4.78 is 0. The molecule has 4 rings (SSSR count). The highest BCUT2D eigenvalue weighted by molar-refractivity contribution is 5.92. The first kappa shape index (κ1) is 17.7. The molecule has 1 saturated heterocycles. The van der Waals surface area contributed by atoms with Crippen molar-refractivity contribution in [2.75, 3.05) is 33.2 Å². The zero-order chi connectivity index (χ0) is 18.8. The second kappa shape index (κ2) is 7.53. The molecule has 0 aromatic heterocycles. The van der Waals surface area contributed by atoms with Crippen LogP contribution in [0.2, 0.25) is 0 Å². The summed E-state index contributed by atoms with van der Waals surface area (Å²) in [7, 11) is 2.07.